The molecule has 17 heavy (non-hydrogen) atoms. The van der Waals surface area contributed by atoms with Crippen molar-refractivity contribution in [3.63, 3.8) is 0 Å². The average Bonchev–Trinajstić information content (AvgIpc) is 2.14. The van der Waals surface area contributed by atoms with Crippen molar-refractivity contribution >= 4 is 20.0 Å². The number of esters is 1. The maximum absolute atomic E-state index is 11.2. The van der Waals surface area contributed by atoms with E-state index in [4.69, 9.17) is 9.84 Å². The third-order valence-electron chi connectivity index (χ3n) is 1.86. The van der Waals surface area contributed by atoms with Crippen LogP contribution >= 0.6 is 0 Å². The smallest absolute Gasteiger partial charge is 0.319 e. The van der Waals surface area contributed by atoms with Gasteiger partial charge in [0.05, 0.1) is 0 Å². The first-order valence-corrected chi connectivity index (χ1v) is 9.25. The topological polar surface area (TPSA) is 63.6 Å². The number of unbranched alkanes of at least 4 members (excludes halogenated alkanes) is 2. The van der Waals surface area contributed by atoms with E-state index in [1.807, 2.05) is 0 Å². The van der Waals surface area contributed by atoms with Crippen LogP contribution < -0.4 is 0 Å². The molecule has 0 aromatic heterocycles. The van der Waals surface area contributed by atoms with E-state index in [2.05, 4.69) is 31.3 Å². The van der Waals surface area contributed by atoms with E-state index < -0.39 is 14.0 Å². The van der Waals surface area contributed by atoms with Gasteiger partial charge in [0.25, 0.3) is 0 Å². The van der Waals surface area contributed by atoms with E-state index in [-0.39, 0.29) is 12.4 Å². The van der Waals surface area contributed by atoms with Gasteiger partial charge in [-0.3, -0.25) is 9.59 Å². The molecule has 96 valence electrons. The number of aliphatic carboxylic acids is 1. The number of carboxylic acid groups (broad SMARTS) is 1. The summed E-state index contributed by atoms with van der Waals surface area (Å²) in [6.07, 6.45) is 4.89. The average molecular weight is 256 g/mol. The van der Waals surface area contributed by atoms with Gasteiger partial charge in [0.1, 0.15) is 14.2 Å². The molecular formula is C12H20O4Si. The molecule has 0 fully saturated rings. The number of carbonyl (C=O) groups excluding carboxylic acids is 1. The minimum absolute atomic E-state index is 0.157. The van der Waals surface area contributed by atoms with Gasteiger partial charge in [0.15, 0.2) is 0 Å². The van der Waals surface area contributed by atoms with Gasteiger partial charge < -0.3 is 9.84 Å². The van der Waals surface area contributed by atoms with Gasteiger partial charge in [-0.05, 0) is 12.8 Å². The summed E-state index contributed by atoms with van der Waals surface area (Å²) >= 11 is 0. The maximum atomic E-state index is 11.2. The molecule has 0 radical (unpaired) electrons. The number of carboxylic acids is 1. The number of rotatable bonds is 6. The molecule has 5 heteroatoms. The quantitative estimate of drug-likeness (QED) is 0.343. The molecule has 0 aromatic carbocycles. The minimum Gasteiger partial charge on any atom is -0.481 e. The second kappa shape index (κ2) is 7.90. The summed E-state index contributed by atoms with van der Waals surface area (Å²) in [7, 11) is -1.48. The standard InChI is InChI=1S/C12H20O4Si/c1-17(2,3)10-9-16-12(15)8-6-4-5-7-11(13)14/h4-8H2,1-3H3,(H,13,14). The Balaban J connectivity index is 3.60. The number of hydrogen-bond acceptors (Lipinski definition) is 3. The molecule has 1 N–H and O–H groups in total. The summed E-state index contributed by atoms with van der Waals surface area (Å²) in [5.74, 6) is -1.13. The lowest BCUT2D eigenvalue weighted by Crippen LogP contribution is -2.16. The van der Waals surface area contributed by atoms with E-state index in [1.54, 1.807) is 0 Å². The Bertz CT molecular complexity index is 320. The molecule has 0 aliphatic heterocycles. The molecule has 0 amide bonds. The molecule has 0 bridgehead atoms. The summed E-state index contributed by atoms with van der Waals surface area (Å²) in [5, 5.41) is 8.41. The number of hydrogen-bond donors (Lipinski definition) is 1. The highest BCUT2D eigenvalue weighted by molar-refractivity contribution is 6.83. The Hall–Kier alpha value is -1.28. The highest BCUT2D eigenvalue weighted by Crippen LogP contribution is 2.04. The van der Waals surface area contributed by atoms with Gasteiger partial charge in [0, 0.05) is 12.8 Å². The molecular weight excluding hydrogens is 236 g/mol. The third-order valence-corrected chi connectivity index (χ3v) is 2.71. The lowest BCUT2D eigenvalue weighted by atomic mass is 10.1. The molecule has 0 saturated carbocycles. The Morgan fingerprint density at radius 1 is 1.12 bits per heavy atom. The van der Waals surface area contributed by atoms with E-state index in [0.717, 1.165) is 6.42 Å². The van der Waals surface area contributed by atoms with Crippen molar-refractivity contribution in [3.05, 3.63) is 0 Å². The molecule has 0 rings (SSSR count). The van der Waals surface area contributed by atoms with E-state index in [1.165, 1.54) is 0 Å². The number of ether oxygens (including phenoxy) is 1. The first-order valence-electron chi connectivity index (χ1n) is 5.75. The minimum atomic E-state index is -1.48. The second-order valence-electron chi connectivity index (χ2n) is 4.91. The van der Waals surface area contributed by atoms with Crippen molar-refractivity contribution in [2.24, 2.45) is 0 Å². The van der Waals surface area contributed by atoms with Crippen LogP contribution in [0, 0.1) is 11.7 Å². The second-order valence-corrected chi connectivity index (χ2v) is 9.66. The van der Waals surface area contributed by atoms with Crippen LogP contribution in [-0.2, 0) is 14.3 Å². The third kappa shape index (κ3) is 12.6. The highest BCUT2D eigenvalue weighted by Gasteiger charge is 2.08. The summed E-state index contributed by atoms with van der Waals surface area (Å²) in [6, 6.07) is 0. The fourth-order valence-corrected chi connectivity index (χ4v) is 1.37. The van der Waals surface area contributed by atoms with Gasteiger partial charge in [-0.1, -0.05) is 31.6 Å². The molecule has 0 spiro atoms. The molecule has 0 heterocycles. The van der Waals surface area contributed by atoms with Gasteiger partial charge >= 0.3 is 11.9 Å². The molecule has 0 aliphatic carbocycles. The van der Waals surface area contributed by atoms with E-state index >= 15 is 0 Å². The molecule has 0 atom stereocenters. The number of carbonyl (C=O) groups is 2. The van der Waals surface area contributed by atoms with Crippen LogP contribution in [0.1, 0.15) is 32.1 Å². The monoisotopic (exact) mass is 256 g/mol. The maximum Gasteiger partial charge on any atom is 0.319 e. The SMILES string of the molecule is C[Si](C)(C)C#COC(=O)CCCCCC(=O)O. The predicted octanol–water partition coefficient (Wildman–Crippen LogP) is 2.40. The van der Waals surface area contributed by atoms with E-state index in [0.29, 0.717) is 19.3 Å². The Labute approximate surface area is 103 Å². The van der Waals surface area contributed by atoms with Crippen LogP contribution in [0.3, 0.4) is 0 Å². The summed E-state index contributed by atoms with van der Waals surface area (Å²) < 4.78 is 4.76. The molecule has 0 unspecified atom stereocenters. The normalized spacial score (nSPS) is 10.3. The van der Waals surface area contributed by atoms with Crippen LogP contribution in [0.2, 0.25) is 19.6 Å². The predicted molar refractivity (Wildman–Crippen MR) is 67.9 cm³/mol. The van der Waals surface area contributed by atoms with Crippen molar-refractivity contribution in [2.45, 2.75) is 51.7 Å². The van der Waals surface area contributed by atoms with Gasteiger partial charge in [-0.2, -0.15) is 0 Å². The highest BCUT2D eigenvalue weighted by atomic mass is 28.3. The summed E-state index contributed by atoms with van der Waals surface area (Å²) in [4.78, 5) is 21.4. The summed E-state index contributed by atoms with van der Waals surface area (Å²) in [5.41, 5.74) is 2.94. The van der Waals surface area contributed by atoms with Gasteiger partial charge in [0.2, 0.25) is 0 Å². The van der Waals surface area contributed by atoms with Crippen molar-refractivity contribution in [1.29, 1.82) is 0 Å². The van der Waals surface area contributed by atoms with Crippen LogP contribution in [0.4, 0.5) is 0 Å². The molecule has 0 saturated heterocycles. The molecule has 0 aromatic rings. The fraction of sp³-hybridized carbons (Fsp3) is 0.667. The lowest BCUT2D eigenvalue weighted by Gasteiger charge is -2.02. The Morgan fingerprint density at radius 2 is 1.71 bits per heavy atom. The van der Waals surface area contributed by atoms with Crippen molar-refractivity contribution in [1.82, 2.24) is 0 Å². The van der Waals surface area contributed by atoms with Crippen molar-refractivity contribution in [2.75, 3.05) is 0 Å². The zero-order valence-corrected chi connectivity index (χ0v) is 11.7. The van der Waals surface area contributed by atoms with Gasteiger partial charge in [-0.15, -0.1) is 0 Å². The first kappa shape index (κ1) is 15.7. The van der Waals surface area contributed by atoms with Crippen LogP contribution in [0.15, 0.2) is 0 Å². The zero-order valence-electron chi connectivity index (χ0n) is 10.7. The first-order chi connectivity index (χ1) is 7.81. The fourth-order valence-electron chi connectivity index (χ4n) is 1.01. The van der Waals surface area contributed by atoms with Gasteiger partial charge in [-0.25, -0.2) is 0 Å². The van der Waals surface area contributed by atoms with Crippen molar-refractivity contribution < 1.29 is 19.4 Å². The molecule has 4 nitrogen and oxygen atoms in total. The van der Waals surface area contributed by atoms with E-state index in [9.17, 15) is 9.59 Å². The van der Waals surface area contributed by atoms with Crippen molar-refractivity contribution in [3.8, 4) is 11.7 Å². The Morgan fingerprint density at radius 3 is 2.24 bits per heavy atom. The van der Waals surface area contributed by atoms with Crippen LogP contribution in [-0.4, -0.2) is 25.1 Å². The van der Waals surface area contributed by atoms with Crippen LogP contribution in [0.25, 0.3) is 0 Å². The lowest BCUT2D eigenvalue weighted by molar-refractivity contribution is -0.137. The molecule has 0 aliphatic rings. The Kier molecular flexibility index (Phi) is 7.31. The largest absolute Gasteiger partial charge is 0.481 e. The summed E-state index contributed by atoms with van der Waals surface area (Å²) in [6.45, 7) is 6.21. The zero-order chi connectivity index (χ0) is 13.3. The van der Waals surface area contributed by atoms with Crippen LogP contribution in [0.5, 0.6) is 0 Å².